The quantitative estimate of drug-likeness (QED) is 0.258. The number of unbranched alkanes of at least 4 members (excludes halogenated alkanes) is 2. The molecule has 1 saturated heterocycles. The van der Waals surface area contributed by atoms with Crippen LogP contribution in [-0.2, 0) is 9.53 Å². The van der Waals surface area contributed by atoms with Crippen LogP contribution in [0.4, 0.5) is 4.79 Å². The van der Waals surface area contributed by atoms with Crippen molar-refractivity contribution in [3.05, 3.63) is 53.6 Å². The van der Waals surface area contributed by atoms with E-state index in [0.717, 1.165) is 43.4 Å². The van der Waals surface area contributed by atoms with Crippen molar-refractivity contribution in [1.82, 2.24) is 14.7 Å². The highest BCUT2D eigenvalue weighted by atomic mass is 16.7. The van der Waals surface area contributed by atoms with Crippen LogP contribution in [0, 0.1) is 0 Å². The molecule has 224 valence electrons. The standard InChI is InChI=1S/C31H43N3O7/c1-5-6-16-33(17-8-7-15-32(2)3)28(35)20-34-19-25(23-11-14-26-27(18-23)40-21-39-26)30(41-31(36)37)29(34)22-9-12-24(38-4)13-10-22/h9-14,18,25,29-30H,5-8,15-17,19-21H2,1-4H3,(H,36,37)/t25?,29-,30+/m1/s1. The van der Waals surface area contributed by atoms with Crippen LogP contribution in [0.3, 0.4) is 0 Å². The maximum atomic E-state index is 13.8. The molecule has 2 aromatic rings. The number of fused-ring (bicyclic) bond motifs is 1. The number of hydrogen-bond acceptors (Lipinski definition) is 8. The van der Waals surface area contributed by atoms with Crippen molar-refractivity contribution < 1.29 is 33.6 Å². The van der Waals surface area contributed by atoms with Crippen molar-refractivity contribution in [2.24, 2.45) is 0 Å². The normalized spacial score (nSPS) is 19.9. The molecule has 0 saturated carbocycles. The molecule has 1 unspecified atom stereocenters. The molecule has 4 rings (SSSR count). The van der Waals surface area contributed by atoms with E-state index in [4.69, 9.17) is 18.9 Å². The molecule has 2 aliphatic heterocycles. The Labute approximate surface area is 242 Å². The molecule has 0 aromatic heterocycles. The van der Waals surface area contributed by atoms with Gasteiger partial charge in [-0.3, -0.25) is 9.69 Å². The van der Waals surface area contributed by atoms with Crippen LogP contribution >= 0.6 is 0 Å². The number of likely N-dealkylation sites (tertiary alicyclic amines) is 1. The third kappa shape index (κ3) is 7.83. The predicted octanol–water partition coefficient (Wildman–Crippen LogP) is 4.60. The van der Waals surface area contributed by atoms with Gasteiger partial charge in [-0.15, -0.1) is 0 Å². The lowest BCUT2D eigenvalue weighted by Gasteiger charge is -2.30. The Bertz CT molecular complexity index is 1160. The molecule has 3 atom stereocenters. The Hall–Kier alpha value is -3.50. The zero-order chi connectivity index (χ0) is 29.4. The number of methoxy groups -OCH3 is 1. The zero-order valence-electron chi connectivity index (χ0n) is 24.6. The van der Waals surface area contributed by atoms with Gasteiger partial charge in [0, 0.05) is 25.6 Å². The first-order chi connectivity index (χ1) is 19.8. The van der Waals surface area contributed by atoms with Crippen molar-refractivity contribution in [1.29, 1.82) is 0 Å². The van der Waals surface area contributed by atoms with E-state index < -0.39 is 18.3 Å². The van der Waals surface area contributed by atoms with Gasteiger partial charge in [0.05, 0.1) is 19.7 Å². The largest absolute Gasteiger partial charge is 0.506 e. The number of ether oxygens (including phenoxy) is 4. The second kappa shape index (κ2) is 14.4. The number of hydrogen-bond donors (Lipinski definition) is 1. The minimum Gasteiger partial charge on any atom is -0.497 e. The predicted molar refractivity (Wildman–Crippen MR) is 155 cm³/mol. The van der Waals surface area contributed by atoms with Gasteiger partial charge in [0.2, 0.25) is 12.7 Å². The molecule has 1 fully saturated rings. The number of carbonyl (C=O) groups is 2. The van der Waals surface area contributed by atoms with E-state index in [0.29, 0.717) is 36.9 Å². The van der Waals surface area contributed by atoms with Crippen molar-refractivity contribution in [2.75, 3.05) is 60.7 Å². The van der Waals surface area contributed by atoms with Gasteiger partial charge in [-0.2, -0.15) is 0 Å². The number of benzene rings is 2. The summed E-state index contributed by atoms with van der Waals surface area (Å²) in [4.78, 5) is 31.9. The Morgan fingerprint density at radius 2 is 1.66 bits per heavy atom. The van der Waals surface area contributed by atoms with Gasteiger partial charge in [0.15, 0.2) is 11.5 Å². The van der Waals surface area contributed by atoms with Crippen molar-refractivity contribution in [2.45, 2.75) is 50.7 Å². The van der Waals surface area contributed by atoms with E-state index in [1.165, 1.54) is 0 Å². The molecule has 2 aliphatic rings. The third-order valence-corrected chi connectivity index (χ3v) is 7.81. The maximum Gasteiger partial charge on any atom is 0.506 e. The first kappa shape index (κ1) is 30.5. The third-order valence-electron chi connectivity index (χ3n) is 7.81. The molecule has 10 nitrogen and oxygen atoms in total. The van der Waals surface area contributed by atoms with Gasteiger partial charge in [-0.25, -0.2) is 4.79 Å². The Morgan fingerprint density at radius 1 is 0.976 bits per heavy atom. The highest BCUT2D eigenvalue weighted by molar-refractivity contribution is 5.78. The molecular formula is C31H43N3O7. The molecule has 2 heterocycles. The molecule has 0 aliphatic carbocycles. The van der Waals surface area contributed by atoms with E-state index >= 15 is 0 Å². The van der Waals surface area contributed by atoms with Crippen LogP contribution in [-0.4, -0.2) is 98.7 Å². The molecule has 0 spiro atoms. The van der Waals surface area contributed by atoms with E-state index in [2.05, 4.69) is 30.8 Å². The van der Waals surface area contributed by atoms with E-state index in [-0.39, 0.29) is 25.2 Å². The summed E-state index contributed by atoms with van der Waals surface area (Å²) in [5.41, 5.74) is 1.74. The number of carbonyl (C=O) groups excluding carboxylic acids is 1. The van der Waals surface area contributed by atoms with Gasteiger partial charge in [-0.1, -0.05) is 31.5 Å². The highest BCUT2D eigenvalue weighted by Gasteiger charge is 2.47. The summed E-state index contributed by atoms with van der Waals surface area (Å²) in [6.07, 6.45) is 1.80. The Balaban J connectivity index is 1.63. The molecule has 10 heteroatoms. The van der Waals surface area contributed by atoms with Gasteiger partial charge in [-0.05, 0) is 75.3 Å². The first-order valence-electron chi connectivity index (χ1n) is 14.4. The smallest absolute Gasteiger partial charge is 0.497 e. The van der Waals surface area contributed by atoms with Crippen molar-refractivity contribution in [3.63, 3.8) is 0 Å². The molecule has 1 N–H and O–H groups in total. The number of nitrogens with zero attached hydrogens (tertiary/aromatic N) is 3. The van der Waals surface area contributed by atoms with Crippen LogP contribution in [0.5, 0.6) is 17.2 Å². The molecule has 2 aromatic carbocycles. The van der Waals surface area contributed by atoms with Gasteiger partial charge in [0.25, 0.3) is 0 Å². The van der Waals surface area contributed by atoms with Crippen LogP contribution < -0.4 is 14.2 Å². The van der Waals surface area contributed by atoms with E-state index in [1.807, 2.05) is 47.4 Å². The minimum atomic E-state index is -1.35. The summed E-state index contributed by atoms with van der Waals surface area (Å²) in [7, 11) is 5.71. The number of rotatable bonds is 14. The summed E-state index contributed by atoms with van der Waals surface area (Å²) in [6, 6.07) is 12.7. The topological polar surface area (TPSA) is 101 Å². The molecule has 1 amide bonds. The summed E-state index contributed by atoms with van der Waals surface area (Å²) >= 11 is 0. The van der Waals surface area contributed by atoms with Gasteiger partial charge in [0.1, 0.15) is 11.9 Å². The average Bonchev–Trinajstić information content (AvgIpc) is 3.56. The molecular weight excluding hydrogens is 526 g/mol. The highest BCUT2D eigenvalue weighted by Crippen LogP contribution is 2.45. The van der Waals surface area contributed by atoms with Gasteiger partial charge < -0.3 is 33.9 Å². The summed E-state index contributed by atoms with van der Waals surface area (Å²) in [6.45, 7) is 5.27. The van der Waals surface area contributed by atoms with Crippen molar-refractivity contribution in [3.8, 4) is 17.2 Å². The van der Waals surface area contributed by atoms with E-state index in [1.54, 1.807) is 7.11 Å². The lowest BCUT2D eigenvalue weighted by Crippen LogP contribution is -2.42. The van der Waals surface area contributed by atoms with Crippen LogP contribution in [0.1, 0.15) is 55.7 Å². The Morgan fingerprint density at radius 3 is 2.34 bits per heavy atom. The second-order valence-electron chi connectivity index (χ2n) is 11.0. The number of amides is 1. The van der Waals surface area contributed by atoms with Crippen LogP contribution in [0.25, 0.3) is 0 Å². The average molecular weight is 570 g/mol. The fraction of sp³-hybridized carbons (Fsp3) is 0.548. The monoisotopic (exact) mass is 569 g/mol. The van der Waals surface area contributed by atoms with Gasteiger partial charge >= 0.3 is 6.16 Å². The summed E-state index contributed by atoms with van der Waals surface area (Å²) in [5, 5.41) is 9.77. The fourth-order valence-corrected chi connectivity index (χ4v) is 5.68. The molecule has 0 bridgehead atoms. The number of carboxylic acid groups (broad SMARTS) is 1. The lowest BCUT2D eigenvalue weighted by molar-refractivity contribution is -0.133. The van der Waals surface area contributed by atoms with Crippen LogP contribution in [0.15, 0.2) is 42.5 Å². The molecule has 0 radical (unpaired) electrons. The molecule has 41 heavy (non-hydrogen) atoms. The zero-order valence-corrected chi connectivity index (χ0v) is 24.6. The lowest BCUT2D eigenvalue weighted by atomic mass is 9.90. The maximum absolute atomic E-state index is 13.8. The summed E-state index contributed by atoms with van der Waals surface area (Å²) in [5.74, 6) is 1.70. The SMILES string of the molecule is CCCCN(CCCCN(C)C)C(=O)CN1CC(c2ccc3c(c2)OCO3)[C@H](OC(=O)O)[C@H]1c1ccc(OC)cc1. The fourth-order valence-electron chi connectivity index (χ4n) is 5.68. The van der Waals surface area contributed by atoms with E-state index in [9.17, 15) is 14.7 Å². The first-order valence-corrected chi connectivity index (χ1v) is 14.4. The second-order valence-corrected chi connectivity index (χ2v) is 11.0. The van der Waals surface area contributed by atoms with Crippen LogP contribution in [0.2, 0.25) is 0 Å². The Kier molecular flexibility index (Phi) is 10.7. The minimum absolute atomic E-state index is 0.0437. The summed E-state index contributed by atoms with van der Waals surface area (Å²) < 4.78 is 22.0. The van der Waals surface area contributed by atoms with Crippen molar-refractivity contribution >= 4 is 12.1 Å².